The van der Waals surface area contributed by atoms with Crippen molar-refractivity contribution in [2.24, 2.45) is 0 Å². The highest BCUT2D eigenvalue weighted by Crippen LogP contribution is 2.31. The Balaban J connectivity index is 1.65. The largest absolute Gasteiger partial charge is 0.457 e. The Morgan fingerprint density at radius 3 is 1.91 bits per heavy atom. The fourth-order valence-electron chi connectivity index (χ4n) is 3.63. The normalized spacial score (nSPS) is 12.1. The lowest BCUT2D eigenvalue weighted by Crippen LogP contribution is -2.15. The second-order valence-corrected chi connectivity index (χ2v) is 9.52. The summed E-state index contributed by atoms with van der Waals surface area (Å²) in [5.74, 6) is 3.31. The Kier molecular flexibility index (Phi) is 8.17. The van der Waals surface area contributed by atoms with Crippen LogP contribution in [0.2, 0.25) is 0 Å². The molecule has 0 N–H and O–H groups in total. The van der Waals surface area contributed by atoms with Gasteiger partial charge in [0.05, 0.1) is 0 Å². The summed E-state index contributed by atoms with van der Waals surface area (Å²) in [5.41, 5.74) is 6.19. The number of hydrogen-bond acceptors (Lipinski definition) is 2. The van der Waals surface area contributed by atoms with Crippen LogP contribution in [-0.2, 0) is 5.41 Å². The minimum atomic E-state index is -0.0325. The average Bonchev–Trinajstić information content (AvgIpc) is 2.79. The van der Waals surface area contributed by atoms with E-state index in [1.165, 1.54) is 27.8 Å². The molecule has 0 unspecified atom stereocenters. The highest BCUT2D eigenvalue weighted by molar-refractivity contribution is 5.39. The van der Waals surface area contributed by atoms with Crippen LogP contribution in [0.5, 0.6) is 17.2 Å². The standard InChI is InChI=1S/C32H36O2/c1-8-10-28(33-30-16-12-23(2)25(4)21-30)11-9-20-32(6,7)27-14-18-29(19-15-27)34-31-17-13-24(3)26(5)22-31/h8-19,21-22H,1,20H2,2-7H3/b11-9-,28-10+. The first-order chi connectivity index (χ1) is 16.2. The first-order valence-electron chi connectivity index (χ1n) is 11.8. The lowest BCUT2D eigenvalue weighted by Gasteiger charge is -2.24. The van der Waals surface area contributed by atoms with Crippen molar-refractivity contribution in [1.29, 1.82) is 0 Å². The van der Waals surface area contributed by atoms with Gasteiger partial charge >= 0.3 is 0 Å². The van der Waals surface area contributed by atoms with Crippen LogP contribution in [0.15, 0.2) is 97.3 Å². The van der Waals surface area contributed by atoms with Gasteiger partial charge in [0.25, 0.3) is 0 Å². The van der Waals surface area contributed by atoms with Crippen molar-refractivity contribution in [2.45, 2.75) is 53.4 Å². The molecule has 0 aliphatic heterocycles. The van der Waals surface area contributed by atoms with Crippen molar-refractivity contribution in [3.63, 3.8) is 0 Å². The molecule has 3 aromatic rings. The molecule has 0 fully saturated rings. The van der Waals surface area contributed by atoms with E-state index in [1.54, 1.807) is 6.08 Å². The minimum absolute atomic E-state index is 0.0325. The molecule has 0 saturated heterocycles. The second-order valence-electron chi connectivity index (χ2n) is 9.52. The topological polar surface area (TPSA) is 18.5 Å². The summed E-state index contributed by atoms with van der Waals surface area (Å²) in [6.07, 6.45) is 8.69. The molecule has 0 saturated carbocycles. The molecule has 3 aromatic carbocycles. The predicted octanol–water partition coefficient (Wildman–Crippen LogP) is 9.09. The number of benzene rings is 3. The Morgan fingerprint density at radius 2 is 1.32 bits per heavy atom. The van der Waals surface area contributed by atoms with Crippen molar-refractivity contribution in [3.05, 3.63) is 125 Å². The van der Waals surface area contributed by atoms with Crippen LogP contribution in [0.1, 0.15) is 48.1 Å². The maximum Gasteiger partial charge on any atom is 0.127 e. The van der Waals surface area contributed by atoms with E-state index in [9.17, 15) is 0 Å². The smallest absolute Gasteiger partial charge is 0.127 e. The highest BCUT2D eigenvalue weighted by atomic mass is 16.5. The van der Waals surface area contributed by atoms with Gasteiger partial charge in [-0.3, -0.25) is 0 Å². The molecule has 0 heterocycles. The maximum atomic E-state index is 6.09. The summed E-state index contributed by atoms with van der Waals surface area (Å²) in [7, 11) is 0. The Labute approximate surface area is 205 Å². The zero-order chi connectivity index (χ0) is 24.7. The van der Waals surface area contributed by atoms with Crippen LogP contribution >= 0.6 is 0 Å². The summed E-state index contributed by atoms with van der Waals surface area (Å²) < 4.78 is 12.1. The highest BCUT2D eigenvalue weighted by Gasteiger charge is 2.19. The van der Waals surface area contributed by atoms with E-state index in [0.29, 0.717) is 0 Å². The average molecular weight is 453 g/mol. The van der Waals surface area contributed by atoms with Crippen molar-refractivity contribution in [2.75, 3.05) is 0 Å². The lowest BCUT2D eigenvalue weighted by atomic mass is 9.81. The fraction of sp³-hybridized carbons (Fsp3) is 0.250. The molecule has 0 aromatic heterocycles. The Morgan fingerprint density at radius 1 is 0.765 bits per heavy atom. The van der Waals surface area contributed by atoms with E-state index in [-0.39, 0.29) is 5.41 Å². The molecule has 0 amide bonds. The molecule has 0 atom stereocenters. The summed E-state index contributed by atoms with van der Waals surface area (Å²) in [6, 6.07) is 20.7. The molecular formula is C32H36O2. The van der Waals surface area contributed by atoms with Gasteiger partial charge in [0.2, 0.25) is 0 Å². The molecule has 0 spiro atoms. The van der Waals surface area contributed by atoms with Gasteiger partial charge in [0.1, 0.15) is 23.0 Å². The zero-order valence-electron chi connectivity index (χ0n) is 21.3. The lowest BCUT2D eigenvalue weighted by molar-refractivity contribution is 0.443. The van der Waals surface area contributed by atoms with E-state index < -0.39 is 0 Å². The van der Waals surface area contributed by atoms with Gasteiger partial charge in [-0.15, -0.1) is 0 Å². The maximum absolute atomic E-state index is 6.09. The first kappa shape index (κ1) is 25.1. The van der Waals surface area contributed by atoms with Crippen LogP contribution in [0.4, 0.5) is 0 Å². The molecule has 34 heavy (non-hydrogen) atoms. The molecule has 0 aliphatic rings. The van der Waals surface area contributed by atoms with Gasteiger partial charge in [-0.05, 0) is 116 Å². The predicted molar refractivity (Wildman–Crippen MR) is 144 cm³/mol. The molecule has 3 rings (SSSR count). The third-order valence-electron chi connectivity index (χ3n) is 6.26. The van der Waals surface area contributed by atoms with Crippen LogP contribution in [0.25, 0.3) is 0 Å². The van der Waals surface area contributed by atoms with E-state index in [1.807, 2.05) is 36.4 Å². The van der Waals surface area contributed by atoms with Crippen molar-refractivity contribution in [3.8, 4) is 17.2 Å². The Hall–Kier alpha value is -3.52. The van der Waals surface area contributed by atoms with Gasteiger partial charge in [0, 0.05) is 0 Å². The van der Waals surface area contributed by atoms with Crippen LogP contribution in [0.3, 0.4) is 0 Å². The molecule has 176 valence electrons. The summed E-state index contributed by atoms with van der Waals surface area (Å²) in [6.45, 7) is 16.7. The van der Waals surface area contributed by atoms with Gasteiger partial charge in [0.15, 0.2) is 0 Å². The number of aryl methyl sites for hydroxylation is 4. The monoisotopic (exact) mass is 452 g/mol. The quantitative estimate of drug-likeness (QED) is 0.238. The van der Waals surface area contributed by atoms with E-state index >= 15 is 0 Å². The van der Waals surface area contributed by atoms with Crippen molar-refractivity contribution < 1.29 is 9.47 Å². The van der Waals surface area contributed by atoms with Crippen LogP contribution < -0.4 is 9.47 Å². The fourth-order valence-corrected chi connectivity index (χ4v) is 3.63. The first-order valence-corrected chi connectivity index (χ1v) is 11.8. The van der Waals surface area contributed by atoms with E-state index in [2.05, 4.69) is 90.6 Å². The molecular weight excluding hydrogens is 416 g/mol. The van der Waals surface area contributed by atoms with E-state index in [4.69, 9.17) is 9.47 Å². The number of allylic oxidation sites excluding steroid dienone is 4. The molecule has 2 heteroatoms. The third-order valence-corrected chi connectivity index (χ3v) is 6.26. The summed E-state index contributed by atoms with van der Waals surface area (Å²) in [4.78, 5) is 0. The van der Waals surface area contributed by atoms with Gasteiger partial charge in [-0.25, -0.2) is 0 Å². The molecule has 2 nitrogen and oxygen atoms in total. The summed E-state index contributed by atoms with van der Waals surface area (Å²) in [5, 5.41) is 0. The van der Waals surface area contributed by atoms with Gasteiger partial charge in [-0.2, -0.15) is 0 Å². The number of rotatable bonds is 9. The van der Waals surface area contributed by atoms with Crippen LogP contribution in [0, 0.1) is 27.7 Å². The SMILES string of the molecule is C=C/C=C(\C=C/CC(C)(C)c1ccc(Oc2ccc(C)c(C)c2)cc1)Oc1ccc(C)c(C)c1. The molecule has 0 radical (unpaired) electrons. The number of hydrogen-bond donors (Lipinski definition) is 0. The third kappa shape index (κ3) is 6.74. The van der Waals surface area contributed by atoms with Crippen LogP contribution in [-0.4, -0.2) is 0 Å². The zero-order valence-corrected chi connectivity index (χ0v) is 21.3. The molecule has 0 aliphatic carbocycles. The van der Waals surface area contributed by atoms with Crippen molar-refractivity contribution in [1.82, 2.24) is 0 Å². The van der Waals surface area contributed by atoms with E-state index in [0.717, 1.165) is 29.4 Å². The van der Waals surface area contributed by atoms with Gasteiger partial charge < -0.3 is 9.47 Å². The summed E-state index contributed by atoms with van der Waals surface area (Å²) >= 11 is 0. The molecule has 0 bridgehead atoms. The van der Waals surface area contributed by atoms with Crippen molar-refractivity contribution >= 4 is 0 Å². The number of ether oxygens (including phenoxy) is 2. The van der Waals surface area contributed by atoms with Gasteiger partial charge in [-0.1, -0.05) is 56.8 Å². The second kappa shape index (κ2) is 11.1. The minimum Gasteiger partial charge on any atom is -0.457 e. The Bertz CT molecular complexity index is 1190.